The van der Waals surface area contributed by atoms with Gasteiger partial charge in [-0.15, -0.1) is 11.3 Å². The molecule has 9 heteroatoms. The van der Waals surface area contributed by atoms with E-state index in [1.165, 1.54) is 23.5 Å². The largest absolute Gasteiger partial charge is 0.452 e. The Labute approximate surface area is 166 Å². The average Bonchev–Trinajstić information content (AvgIpc) is 3.39. The molecule has 3 rings (SSSR count). The van der Waals surface area contributed by atoms with E-state index < -0.39 is 23.4 Å². The molecule has 0 saturated carbocycles. The van der Waals surface area contributed by atoms with Crippen molar-refractivity contribution in [3.8, 4) is 0 Å². The molecule has 1 fully saturated rings. The molecule has 1 aliphatic rings. The molecular weight excluding hydrogens is 382 g/mol. The van der Waals surface area contributed by atoms with E-state index in [1.54, 1.807) is 6.07 Å². The first-order valence-electron chi connectivity index (χ1n) is 8.99. The zero-order valence-electron chi connectivity index (χ0n) is 15.4. The molecule has 0 bridgehead atoms. The number of esters is 1. The fraction of sp³-hybridized carbons (Fsp3) is 0.368. The van der Waals surface area contributed by atoms with Crippen molar-refractivity contribution in [2.24, 2.45) is 0 Å². The number of thiophene rings is 1. The summed E-state index contributed by atoms with van der Waals surface area (Å²) in [6, 6.07) is 7.77. The Morgan fingerprint density at radius 3 is 2.71 bits per heavy atom. The van der Waals surface area contributed by atoms with Crippen molar-refractivity contribution in [2.45, 2.75) is 25.8 Å². The van der Waals surface area contributed by atoms with Crippen LogP contribution < -0.4 is 10.2 Å². The van der Waals surface area contributed by atoms with E-state index in [4.69, 9.17) is 4.74 Å². The SMILES string of the molecule is C[C@@H](NC(=O)COC(=O)c1cc([N+](=O)[O-])ccc1N1CCCC1)c1cccs1. The van der Waals surface area contributed by atoms with Gasteiger partial charge in [0.1, 0.15) is 0 Å². The molecule has 1 atom stereocenters. The van der Waals surface area contributed by atoms with Crippen LogP contribution in [0.5, 0.6) is 0 Å². The lowest BCUT2D eigenvalue weighted by molar-refractivity contribution is -0.384. The molecule has 1 aliphatic heterocycles. The number of amides is 1. The van der Waals surface area contributed by atoms with Crippen LogP contribution in [0.25, 0.3) is 0 Å². The Hall–Kier alpha value is -2.94. The summed E-state index contributed by atoms with van der Waals surface area (Å²) in [6.07, 6.45) is 1.99. The average molecular weight is 403 g/mol. The van der Waals surface area contributed by atoms with Crippen LogP contribution in [0.4, 0.5) is 11.4 Å². The number of ether oxygens (including phenoxy) is 1. The van der Waals surface area contributed by atoms with Crippen LogP contribution in [0.1, 0.15) is 41.0 Å². The smallest absolute Gasteiger partial charge is 0.341 e. The van der Waals surface area contributed by atoms with E-state index in [0.717, 1.165) is 30.8 Å². The monoisotopic (exact) mass is 403 g/mol. The first-order chi connectivity index (χ1) is 13.5. The molecule has 1 amide bonds. The molecule has 1 saturated heterocycles. The number of nitro benzene ring substituents is 1. The van der Waals surface area contributed by atoms with Crippen LogP contribution in [0, 0.1) is 10.1 Å². The molecule has 2 heterocycles. The van der Waals surface area contributed by atoms with Gasteiger partial charge in [-0.2, -0.15) is 0 Å². The second-order valence-corrected chi connectivity index (χ2v) is 7.51. The number of hydrogen-bond acceptors (Lipinski definition) is 7. The van der Waals surface area contributed by atoms with E-state index in [2.05, 4.69) is 5.32 Å². The minimum absolute atomic E-state index is 0.107. The molecule has 8 nitrogen and oxygen atoms in total. The summed E-state index contributed by atoms with van der Waals surface area (Å²) in [4.78, 5) is 38.2. The number of anilines is 1. The first kappa shape index (κ1) is 19.8. The van der Waals surface area contributed by atoms with Gasteiger partial charge >= 0.3 is 5.97 Å². The summed E-state index contributed by atoms with van der Waals surface area (Å²) in [5.41, 5.74) is 0.515. The summed E-state index contributed by atoms with van der Waals surface area (Å²) in [7, 11) is 0. The minimum atomic E-state index is -0.746. The van der Waals surface area contributed by atoms with Gasteiger partial charge in [0.05, 0.1) is 22.2 Å². The third kappa shape index (κ3) is 4.66. The van der Waals surface area contributed by atoms with Crippen LogP contribution in [-0.2, 0) is 9.53 Å². The van der Waals surface area contributed by atoms with Gasteiger partial charge in [-0.1, -0.05) is 6.07 Å². The van der Waals surface area contributed by atoms with Crippen molar-refractivity contribution in [3.05, 3.63) is 56.3 Å². The van der Waals surface area contributed by atoms with Crippen molar-refractivity contribution in [2.75, 3.05) is 24.6 Å². The molecule has 2 aromatic rings. The highest BCUT2D eigenvalue weighted by Crippen LogP contribution is 2.29. The van der Waals surface area contributed by atoms with E-state index in [9.17, 15) is 19.7 Å². The van der Waals surface area contributed by atoms with Gasteiger partial charge in [0.2, 0.25) is 0 Å². The molecular formula is C19H21N3O5S. The van der Waals surface area contributed by atoms with Gasteiger partial charge in [0.25, 0.3) is 11.6 Å². The summed E-state index contributed by atoms with van der Waals surface area (Å²) >= 11 is 1.52. The topological polar surface area (TPSA) is 102 Å². The summed E-state index contributed by atoms with van der Waals surface area (Å²) in [5.74, 6) is -1.17. The van der Waals surface area contributed by atoms with E-state index >= 15 is 0 Å². The van der Waals surface area contributed by atoms with Crippen LogP contribution in [0.3, 0.4) is 0 Å². The number of nitrogens with one attached hydrogen (secondary N) is 1. The number of rotatable bonds is 7. The Kier molecular flexibility index (Phi) is 6.25. The fourth-order valence-corrected chi connectivity index (χ4v) is 3.87. The number of nitrogens with zero attached hydrogens (tertiary/aromatic N) is 2. The van der Waals surface area contributed by atoms with Crippen LogP contribution >= 0.6 is 11.3 Å². The van der Waals surface area contributed by atoms with Crippen molar-refractivity contribution in [1.29, 1.82) is 0 Å². The lowest BCUT2D eigenvalue weighted by atomic mass is 10.1. The molecule has 1 aromatic heterocycles. The zero-order chi connectivity index (χ0) is 20.1. The van der Waals surface area contributed by atoms with Gasteiger partial charge < -0.3 is 15.0 Å². The molecule has 1 aromatic carbocycles. The summed E-state index contributed by atoms with van der Waals surface area (Å²) in [6.45, 7) is 2.95. The molecule has 1 N–H and O–H groups in total. The molecule has 0 spiro atoms. The first-order valence-corrected chi connectivity index (χ1v) is 9.87. The van der Waals surface area contributed by atoms with Crippen molar-refractivity contribution in [1.82, 2.24) is 5.32 Å². The highest BCUT2D eigenvalue weighted by atomic mass is 32.1. The molecule has 0 unspecified atom stereocenters. The predicted molar refractivity (Wildman–Crippen MR) is 106 cm³/mol. The standard InChI is InChI=1S/C19H21N3O5S/c1-13(17-5-4-10-28-17)20-18(23)12-27-19(24)15-11-14(22(25)26)6-7-16(15)21-8-2-3-9-21/h4-7,10-11,13H,2-3,8-9,12H2,1H3,(H,20,23)/t13-/m1/s1. The van der Waals surface area contributed by atoms with Gasteiger partial charge in [-0.3, -0.25) is 14.9 Å². The van der Waals surface area contributed by atoms with E-state index in [1.807, 2.05) is 29.3 Å². The normalized spacial score (nSPS) is 14.5. The number of benzene rings is 1. The predicted octanol–water partition coefficient (Wildman–Crippen LogP) is 3.29. The van der Waals surface area contributed by atoms with Gasteiger partial charge in [0.15, 0.2) is 6.61 Å². The highest BCUT2D eigenvalue weighted by molar-refractivity contribution is 7.10. The Morgan fingerprint density at radius 1 is 1.32 bits per heavy atom. The van der Waals surface area contributed by atoms with Crippen molar-refractivity contribution in [3.63, 3.8) is 0 Å². The fourth-order valence-electron chi connectivity index (χ4n) is 3.14. The lowest BCUT2D eigenvalue weighted by Crippen LogP contribution is -2.31. The summed E-state index contributed by atoms with van der Waals surface area (Å²) < 4.78 is 5.15. The van der Waals surface area contributed by atoms with Gasteiger partial charge in [-0.25, -0.2) is 4.79 Å². The molecule has 148 valence electrons. The third-order valence-electron chi connectivity index (χ3n) is 4.54. The number of carbonyl (C=O) groups excluding carboxylic acids is 2. The summed E-state index contributed by atoms with van der Waals surface area (Å²) in [5, 5.41) is 15.8. The number of nitro groups is 1. The number of non-ortho nitro benzene ring substituents is 1. The maximum absolute atomic E-state index is 12.6. The number of hydrogen-bond donors (Lipinski definition) is 1. The maximum Gasteiger partial charge on any atom is 0.341 e. The second-order valence-electron chi connectivity index (χ2n) is 6.53. The van der Waals surface area contributed by atoms with E-state index in [-0.39, 0.29) is 17.3 Å². The van der Waals surface area contributed by atoms with Crippen LogP contribution in [0.2, 0.25) is 0 Å². The highest BCUT2D eigenvalue weighted by Gasteiger charge is 2.24. The molecule has 28 heavy (non-hydrogen) atoms. The molecule has 0 radical (unpaired) electrons. The Bertz CT molecular complexity index is 862. The van der Waals surface area contributed by atoms with Gasteiger partial charge in [0, 0.05) is 30.1 Å². The zero-order valence-corrected chi connectivity index (χ0v) is 16.2. The quantitative estimate of drug-likeness (QED) is 0.432. The van der Waals surface area contributed by atoms with E-state index in [0.29, 0.717) is 5.69 Å². The van der Waals surface area contributed by atoms with Crippen LogP contribution in [-0.4, -0.2) is 36.5 Å². The maximum atomic E-state index is 12.6. The lowest BCUT2D eigenvalue weighted by Gasteiger charge is -2.20. The number of carbonyl (C=O) groups is 2. The van der Waals surface area contributed by atoms with Gasteiger partial charge in [-0.05, 0) is 37.3 Å². The minimum Gasteiger partial charge on any atom is -0.452 e. The second kappa shape index (κ2) is 8.83. The van der Waals surface area contributed by atoms with Crippen molar-refractivity contribution < 1.29 is 19.2 Å². The van der Waals surface area contributed by atoms with Crippen LogP contribution in [0.15, 0.2) is 35.7 Å². The Balaban J connectivity index is 1.67. The molecule has 0 aliphatic carbocycles. The third-order valence-corrected chi connectivity index (χ3v) is 5.59. The van der Waals surface area contributed by atoms with Crippen molar-refractivity contribution >= 4 is 34.6 Å². The Morgan fingerprint density at radius 2 is 2.07 bits per heavy atom.